The van der Waals surface area contributed by atoms with Crippen LogP contribution in [0.4, 0.5) is 5.69 Å². The molecule has 0 radical (unpaired) electrons. The number of carbonyl (C=O) groups is 1. The minimum atomic E-state index is -3.62. The van der Waals surface area contributed by atoms with Gasteiger partial charge >= 0.3 is 0 Å². The predicted molar refractivity (Wildman–Crippen MR) is 103 cm³/mol. The van der Waals surface area contributed by atoms with Crippen LogP contribution in [0.1, 0.15) is 18.4 Å². The molecule has 0 atom stereocenters. The number of nitrogens with one attached hydrogen (secondary N) is 1. The number of hydrogen-bond donors (Lipinski definition) is 2. The average Bonchev–Trinajstić information content (AvgIpc) is 2.54. The summed E-state index contributed by atoms with van der Waals surface area (Å²) in [5.74, 6) is -0.0286. The molecule has 0 aliphatic carbocycles. The maximum Gasteiger partial charge on any atom is 0.224 e. The topological polar surface area (TPSA) is 98.5 Å². The fraction of sp³-hybridized carbons (Fsp3) is 0.235. The van der Waals surface area contributed by atoms with Crippen molar-refractivity contribution in [1.29, 1.82) is 0 Å². The largest absolute Gasteiger partial charge is 0.492 e. The van der Waals surface area contributed by atoms with Crippen LogP contribution < -0.4 is 15.2 Å². The van der Waals surface area contributed by atoms with Gasteiger partial charge in [0.05, 0.1) is 17.4 Å². The third kappa shape index (κ3) is 6.84. The van der Waals surface area contributed by atoms with Crippen molar-refractivity contribution >= 4 is 44.8 Å². The molecule has 3 N–H and O–H groups in total. The number of halogens is 2. The predicted octanol–water partition coefficient (Wildman–Crippen LogP) is 3.58. The van der Waals surface area contributed by atoms with E-state index in [1.54, 1.807) is 42.5 Å². The highest BCUT2D eigenvalue weighted by molar-refractivity contribution is 7.88. The van der Waals surface area contributed by atoms with Crippen molar-refractivity contribution in [3.05, 3.63) is 58.1 Å². The van der Waals surface area contributed by atoms with E-state index in [1.807, 2.05) is 0 Å². The first kappa shape index (κ1) is 20.5. The molecule has 0 heterocycles. The number of amides is 1. The molecular formula is C17H18Cl2N2O4S. The third-order valence-corrected chi connectivity index (χ3v) is 4.84. The molecule has 26 heavy (non-hydrogen) atoms. The molecule has 0 aliphatic heterocycles. The molecule has 0 unspecified atom stereocenters. The minimum absolute atomic E-state index is 0.210. The Bertz CT molecular complexity index is 888. The van der Waals surface area contributed by atoms with Gasteiger partial charge in [-0.2, -0.15) is 0 Å². The van der Waals surface area contributed by atoms with Crippen LogP contribution in [-0.4, -0.2) is 20.9 Å². The van der Waals surface area contributed by atoms with Gasteiger partial charge in [0.15, 0.2) is 0 Å². The van der Waals surface area contributed by atoms with Gasteiger partial charge in [-0.25, -0.2) is 13.6 Å². The molecule has 1 amide bonds. The number of rotatable bonds is 8. The Balaban J connectivity index is 1.80. The average molecular weight is 417 g/mol. The van der Waals surface area contributed by atoms with Crippen molar-refractivity contribution < 1.29 is 17.9 Å². The lowest BCUT2D eigenvalue weighted by Crippen LogP contribution is -2.15. The Kier molecular flexibility index (Phi) is 7.28. The summed E-state index contributed by atoms with van der Waals surface area (Å²) in [4.78, 5) is 12.0. The number of sulfonamides is 1. The fourth-order valence-electron chi connectivity index (χ4n) is 2.21. The summed E-state index contributed by atoms with van der Waals surface area (Å²) in [7, 11) is -3.62. The third-order valence-electron chi connectivity index (χ3n) is 3.30. The van der Waals surface area contributed by atoms with Crippen LogP contribution in [0.3, 0.4) is 0 Å². The van der Waals surface area contributed by atoms with Gasteiger partial charge in [0.1, 0.15) is 10.8 Å². The zero-order valence-corrected chi connectivity index (χ0v) is 16.1. The van der Waals surface area contributed by atoms with E-state index in [4.69, 9.17) is 33.1 Å². The summed E-state index contributed by atoms with van der Waals surface area (Å²) in [5.41, 5.74) is 1.01. The summed E-state index contributed by atoms with van der Waals surface area (Å²) in [6, 6.07) is 11.6. The molecule has 0 saturated carbocycles. The van der Waals surface area contributed by atoms with Crippen molar-refractivity contribution in [1.82, 2.24) is 0 Å². The van der Waals surface area contributed by atoms with E-state index >= 15 is 0 Å². The van der Waals surface area contributed by atoms with E-state index in [2.05, 4.69) is 5.32 Å². The first-order valence-electron chi connectivity index (χ1n) is 7.71. The van der Waals surface area contributed by atoms with Crippen molar-refractivity contribution in [2.45, 2.75) is 18.6 Å². The normalized spacial score (nSPS) is 11.2. The van der Waals surface area contributed by atoms with Crippen molar-refractivity contribution in [3.8, 4) is 5.75 Å². The summed E-state index contributed by atoms with van der Waals surface area (Å²) >= 11 is 11.9. The van der Waals surface area contributed by atoms with Crippen molar-refractivity contribution in [2.75, 3.05) is 11.9 Å². The van der Waals surface area contributed by atoms with E-state index in [1.165, 1.54) is 0 Å². The van der Waals surface area contributed by atoms with Gasteiger partial charge < -0.3 is 10.1 Å². The molecule has 0 saturated heterocycles. The molecule has 2 aromatic carbocycles. The molecule has 9 heteroatoms. The van der Waals surface area contributed by atoms with Crippen LogP contribution in [-0.2, 0) is 20.6 Å². The molecule has 140 valence electrons. The SMILES string of the molecule is NS(=O)(=O)Cc1cccc(NC(=O)CCCOc2cccc(Cl)c2Cl)c1. The van der Waals surface area contributed by atoms with Gasteiger partial charge in [-0.15, -0.1) is 0 Å². The summed E-state index contributed by atoms with van der Waals surface area (Å²) < 4.78 is 27.8. The Morgan fingerprint density at radius 1 is 1.15 bits per heavy atom. The number of primary sulfonamides is 1. The second-order valence-electron chi connectivity index (χ2n) is 5.56. The van der Waals surface area contributed by atoms with Crippen LogP contribution in [0.2, 0.25) is 10.0 Å². The first-order chi connectivity index (χ1) is 12.2. The Morgan fingerprint density at radius 2 is 1.88 bits per heavy atom. The lowest BCUT2D eigenvalue weighted by atomic mass is 10.2. The molecule has 0 fully saturated rings. The van der Waals surface area contributed by atoms with E-state index in [9.17, 15) is 13.2 Å². The molecule has 0 spiro atoms. The highest BCUT2D eigenvalue weighted by Gasteiger charge is 2.08. The van der Waals surface area contributed by atoms with Crippen LogP contribution in [0.5, 0.6) is 5.75 Å². The lowest BCUT2D eigenvalue weighted by Gasteiger charge is -2.09. The molecule has 0 aliphatic rings. The molecular weight excluding hydrogens is 399 g/mol. The number of nitrogens with two attached hydrogens (primary N) is 1. The van der Waals surface area contributed by atoms with Gasteiger partial charge in [0, 0.05) is 12.1 Å². The minimum Gasteiger partial charge on any atom is -0.492 e. The number of hydrogen-bond acceptors (Lipinski definition) is 4. The molecule has 6 nitrogen and oxygen atoms in total. The zero-order valence-electron chi connectivity index (χ0n) is 13.7. The van der Waals surface area contributed by atoms with Crippen molar-refractivity contribution in [2.24, 2.45) is 5.14 Å². The van der Waals surface area contributed by atoms with Gasteiger partial charge in [0.2, 0.25) is 15.9 Å². The zero-order chi connectivity index (χ0) is 19.2. The van der Waals surface area contributed by atoms with Crippen LogP contribution in [0.25, 0.3) is 0 Å². The van der Waals surface area contributed by atoms with Crippen LogP contribution in [0, 0.1) is 0 Å². The maximum atomic E-state index is 12.0. The van der Waals surface area contributed by atoms with E-state index in [0.29, 0.717) is 40.1 Å². The number of anilines is 1. The Morgan fingerprint density at radius 3 is 2.62 bits per heavy atom. The quantitative estimate of drug-likeness (QED) is 0.642. The van der Waals surface area contributed by atoms with Crippen LogP contribution >= 0.6 is 23.2 Å². The second kappa shape index (κ2) is 9.23. The highest BCUT2D eigenvalue weighted by Crippen LogP contribution is 2.31. The Hall–Kier alpha value is -1.80. The summed E-state index contributed by atoms with van der Waals surface area (Å²) in [5, 5.41) is 8.47. The van der Waals surface area contributed by atoms with E-state index < -0.39 is 10.0 Å². The van der Waals surface area contributed by atoms with Gasteiger partial charge in [-0.1, -0.05) is 41.4 Å². The second-order valence-corrected chi connectivity index (χ2v) is 7.96. The van der Waals surface area contributed by atoms with Gasteiger partial charge in [0.25, 0.3) is 0 Å². The monoisotopic (exact) mass is 416 g/mol. The van der Waals surface area contributed by atoms with Crippen molar-refractivity contribution in [3.63, 3.8) is 0 Å². The Labute approximate surface area is 162 Å². The molecule has 2 aromatic rings. The molecule has 2 rings (SSSR count). The van der Waals surface area contributed by atoms with E-state index in [0.717, 1.165) is 0 Å². The number of ether oxygens (including phenoxy) is 1. The van der Waals surface area contributed by atoms with Gasteiger partial charge in [-0.05, 0) is 36.2 Å². The first-order valence-corrected chi connectivity index (χ1v) is 10.2. The summed E-state index contributed by atoms with van der Waals surface area (Å²) in [6.07, 6.45) is 0.711. The number of carbonyl (C=O) groups excluding carboxylic acids is 1. The van der Waals surface area contributed by atoms with E-state index in [-0.39, 0.29) is 18.1 Å². The molecule has 0 aromatic heterocycles. The highest BCUT2D eigenvalue weighted by atomic mass is 35.5. The smallest absolute Gasteiger partial charge is 0.224 e. The van der Waals surface area contributed by atoms with Gasteiger partial charge in [-0.3, -0.25) is 4.79 Å². The number of benzene rings is 2. The lowest BCUT2D eigenvalue weighted by molar-refractivity contribution is -0.116. The fourth-order valence-corrected chi connectivity index (χ4v) is 3.20. The van der Waals surface area contributed by atoms with Crippen LogP contribution in [0.15, 0.2) is 42.5 Å². The maximum absolute atomic E-state index is 12.0. The summed E-state index contributed by atoms with van der Waals surface area (Å²) in [6.45, 7) is 0.305. The standard InChI is InChI=1S/C17H18Cl2N2O4S/c18-14-6-2-7-15(17(14)19)25-9-3-8-16(22)21-13-5-1-4-12(10-13)11-26(20,23)24/h1-2,4-7,10H,3,8-9,11H2,(H,21,22)(H2,20,23,24). The molecule has 0 bridgehead atoms.